The van der Waals surface area contributed by atoms with E-state index in [0.29, 0.717) is 5.82 Å². The molecule has 0 amide bonds. The Morgan fingerprint density at radius 1 is 1.15 bits per heavy atom. The summed E-state index contributed by atoms with van der Waals surface area (Å²) < 4.78 is 0. The molecule has 1 aliphatic rings. The number of nitrogen functional groups attached to an aromatic ring is 1. The van der Waals surface area contributed by atoms with Crippen LogP contribution in [0.4, 0.5) is 5.82 Å². The van der Waals surface area contributed by atoms with E-state index in [2.05, 4.69) is 23.2 Å². The summed E-state index contributed by atoms with van der Waals surface area (Å²) in [5.41, 5.74) is 7.91. The van der Waals surface area contributed by atoms with Crippen molar-refractivity contribution < 1.29 is 0 Å². The van der Waals surface area contributed by atoms with Crippen LogP contribution < -0.4 is 5.73 Å². The standard InChI is InChI=1S/C11H8N2/c12-10-6-8-3-1-2-7-4-5-9(13-10)11(7)8/h1-6H,(H2,12,13). The third kappa shape index (κ3) is 0.798. The van der Waals surface area contributed by atoms with Gasteiger partial charge in [0.05, 0.1) is 5.69 Å². The van der Waals surface area contributed by atoms with Crippen molar-refractivity contribution in [1.29, 1.82) is 0 Å². The van der Waals surface area contributed by atoms with Crippen molar-refractivity contribution in [2.45, 2.75) is 0 Å². The summed E-state index contributed by atoms with van der Waals surface area (Å²) in [6, 6.07) is 8.10. The summed E-state index contributed by atoms with van der Waals surface area (Å²) in [5.74, 6) is 0.589. The number of rotatable bonds is 0. The molecule has 2 nitrogen and oxygen atoms in total. The molecule has 3 rings (SSSR count). The lowest BCUT2D eigenvalue weighted by Crippen LogP contribution is -1.92. The van der Waals surface area contributed by atoms with Crippen molar-refractivity contribution >= 4 is 28.7 Å². The number of aromatic nitrogens is 1. The van der Waals surface area contributed by atoms with Crippen LogP contribution in [0.5, 0.6) is 0 Å². The smallest absolute Gasteiger partial charge is 0.124 e. The Bertz CT molecular complexity index is 527. The highest BCUT2D eigenvalue weighted by Gasteiger charge is 2.09. The molecule has 2 aromatic rings. The number of anilines is 1. The number of benzene rings is 1. The number of hydrogen-bond acceptors (Lipinski definition) is 2. The summed E-state index contributed by atoms with van der Waals surface area (Å²) in [7, 11) is 0. The highest BCUT2D eigenvalue weighted by atomic mass is 14.8. The predicted octanol–water partition coefficient (Wildman–Crippen LogP) is 2.30. The van der Waals surface area contributed by atoms with Gasteiger partial charge in [-0.05, 0) is 23.1 Å². The summed E-state index contributed by atoms with van der Waals surface area (Å²) in [5, 5.41) is 2.39. The second kappa shape index (κ2) is 2.10. The van der Waals surface area contributed by atoms with Crippen LogP contribution in [0.25, 0.3) is 22.9 Å². The lowest BCUT2D eigenvalue weighted by atomic mass is 10.1. The molecule has 0 bridgehead atoms. The zero-order valence-corrected chi connectivity index (χ0v) is 6.99. The van der Waals surface area contributed by atoms with Gasteiger partial charge < -0.3 is 5.73 Å². The van der Waals surface area contributed by atoms with Crippen molar-refractivity contribution in [3.63, 3.8) is 0 Å². The SMILES string of the molecule is Nc1cc2cccc3c2c(n1)C=C3. The summed E-state index contributed by atoms with van der Waals surface area (Å²) in [6.45, 7) is 0. The van der Waals surface area contributed by atoms with Crippen LogP contribution in [0.15, 0.2) is 24.3 Å². The van der Waals surface area contributed by atoms with Gasteiger partial charge in [0.1, 0.15) is 5.82 Å². The molecular weight excluding hydrogens is 160 g/mol. The molecule has 0 saturated heterocycles. The highest BCUT2D eigenvalue weighted by Crippen LogP contribution is 2.30. The number of nitrogens with zero attached hydrogens (tertiary/aromatic N) is 1. The molecule has 1 aromatic heterocycles. The van der Waals surface area contributed by atoms with Gasteiger partial charge in [0.15, 0.2) is 0 Å². The maximum atomic E-state index is 5.68. The van der Waals surface area contributed by atoms with E-state index in [1.165, 1.54) is 16.3 Å². The largest absolute Gasteiger partial charge is 0.384 e. The highest BCUT2D eigenvalue weighted by molar-refractivity contribution is 6.04. The van der Waals surface area contributed by atoms with E-state index in [9.17, 15) is 0 Å². The molecule has 2 heteroatoms. The van der Waals surface area contributed by atoms with E-state index >= 15 is 0 Å². The minimum atomic E-state index is 0.589. The van der Waals surface area contributed by atoms with E-state index in [0.717, 1.165) is 5.69 Å². The molecule has 2 N–H and O–H groups in total. The van der Waals surface area contributed by atoms with Gasteiger partial charge in [0.2, 0.25) is 0 Å². The zero-order chi connectivity index (χ0) is 8.84. The van der Waals surface area contributed by atoms with Gasteiger partial charge in [-0.1, -0.05) is 24.3 Å². The molecule has 62 valence electrons. The molecule has 1 aromatic carbocycles. The summed E-state index contributed by atoms with van der Waals surface area (Å²) >= 11 is 0. The Balaban J connectivity index is 2.59. The first-order valence-electron chi connectivity index (χ1n) is 4.22. The topological polar surface area (TPSA) is 38.9 Å². The van der Waals surface area contributed by atoms with Crippen LogP contribution in [0.3, 0.4) is 0 Å². The van der Waals surface area contributed by atoms with Gasteiger partial charge in [-0.15, -0.1) is 0 Å². The average molecular weight is 168 g/mol. The predicted molar refractivity (Wildman–Crippen MR) is 55.1 cm³/mol. The van der Waals surface area contributed by atoms with Gasteiger partial charge >= 0.3 is 0 Å². The first kappa shape index (κ1) is 6.66. The van der Waals surface area contributed by atoms with Crippen molar-refractivity contribution in [2.75, 3.05) is 5.73 Å². The van der Waals surface area contributed by atoms with E-state index in [1.807, 2.05) is 18.2 Å². The zero-order valence-electron chi connectivity index (χ0n) is 6.99. The van der Waals surface area contributed by atoms with Gasteiger partial charge in [-0.25, -0.2) is 4.98 Å². The van der Waals surface area contributed by atoms with E-state index < -0.39 is 0 Å². The molecule has 13 heavy (non-hydrogen) atoms. The van der Waals surface area contributed by atoms with Crippen molar-refractivity contribution in [1.82, 2.24) is 4.98 Å². The second-order valence-corrected chi connectivity index (χ2v) is 3.21. The maximum absolute atomic E-state index is 5.68. The lowest BCUT2D eigenvalue weighted by Gasteiger charge is -2.01. The Hall–Kier alpha value is -1.83. The lowest BCUT2D eigenvalue weighted by molar-refractivity contribution is 1.34. The molecule has 0 aliphatic heterocycles. The molecule has 1 aliphatic carbocycles. The normalized spacial score (nSPS) is 12.6. The van der Waals surface area contributed by atoms with Crippen LogP contribution in [0.2, 0.25) is 0 Å². The molecular formula is C11H8N2. The van der Waals surface area contributed by atoms with Gasteiger partial charge in [0, 0.05) is 5.39 Å². The Labute approximate surface area is 75.7 Å². The van der Waals surface area contributed by atoms with Crippen molar-refractivity contribution in [3.8, 4) is 0 Å². The van der Waals surface area contributed by atoms with Crippen LogP contribution in [-0.2, 0) is 0 Å². The quantitative estimate of drug-likeness (QED) is 0.559. The number of hydrogen-bond donors (Lipinski definition) is 1. The fourth-order valence-electron chi connectivity index (χ4n) is 1.82. The van der Waals surface area contributed by atoms with Gasteiger partial charge in [0.25, 0.3) is 0 Å². The summed E-state index contributed by atoms with van der Waals surface area (Å²) in [6.07, 6.45) is 4.08. The minimum Gasteiger partial charge on any atom is -0.384 e. The van der Waals surface area contributed by atoms with Crippen molar-refractivity contribution in [2.24, 2.45) is 0 Å². The minimum absolute atomic E-state index is 0.589. The van der Waals surface area contributed by atoms with E-state index in [4.69, 9.17) is 5.73 Å². The fourth-order valence-corrected chi connectivity index (χ4v) is 1.82. The third-order valence-corrected chi connectivity index (χ3v) is 2.36. The van der Waals surface area contributed by atoms with Crippen LogP contribution in [-0.4, -0.2) is 4.98 Å². The Kier molecular flexibility index (Phi) is 1.08. The molecule has 0 fully saturated rings. The molecule has 0 saturated carbocycles. The third-order valence-electron chi connectivity index (χ3n) is 2.36. The first-order chi connectivity index (χ1) is 6.34. The van der Waals surface area contributed by atoms with Crippen LogP contribution >= 0.6 is 0 Å². The molecule has 0 radical (unpaired) electrons. The van der Waals surface area contributed by atoms with Crippen LogP contribution in [0.1, 0.15) is 11.3 Å². The fraction of sp³-hybridized carbons (Fsp3) is 0. The maximum Gasteiger partial charge on any atom is 0.124 e. The van der Waals surface area contributed by atoms with Crippen molar-refractivity contribution in [3.05, 3.63) is 35.5 Å². The second-order valence-electron chi connectivity index (χ2n) is 3.21. The molecule has 0 spiro atoms. The number of pyridine rings is 1. The average Bonchev–Trinajstić information content (AvgIpc) is 2.50. The van der Waals surface area contributed by atoms with E-state index in [-0.39, 0.29) is 0 Å². The monoisotopic (exact) mass is 168 g/mol. The Morgan fingerprint density at radius 2 is 2.08 bits per heavy atom. The van der Waals surface area contributed by atoms with Gasteiger partial charge in [-0.3, -0.25) is 0 Å². The summed E-state index contributed by atoms with van der Waals surface area (Å²) in [4.78, 5) is 4.26. The van der Waals surface area contributed by atoms with Gasteiger partial charge in [-0.2, -0.15) is 0 Å². The molecule has 0 unspecified atom stereocenters. The molecule has 1 heterocycles. The van der Waals surface area contributed by atoms with E-state index in [1.54, 1.807) is 0 Å². The molecule has 0 atom stereocenters. The first-order valence-corrected chi connectivity index (χ1v) is 4.22. The Morgan fingerprint density at radius 3 is 3.00 bits per heavy atom. The van der Waals surface area contributed by atoms with Crippen LogP contribution in [0, 0.1) is 0 Å². The number of nitrogens with two attached hydrogens (primary N) is 1.